The Balaban J connectivity index is 1.72. The van der Waals surface area contributed by atoms with Crippen LogP contribution in [0.25, 0.3) is 0 Å². The monoisotopic (exact) mass is 274 g/mol. The minimum Gasteiger partial charge on any atom is -0.315 e. The van der Waals surface area contributed by atoms with Crippen molar-refractivity contribution < 1.29 is 0 Å². The maximum absolute atomic E-state index is 3.51. The number of hydrogen-bond acceptors (Lipinski definition) is 2. The van der Waals surface area contributed by atoms with Gasteiger partial charge in [0, 0.05) is 18.6 Å². The van der Waals surface area contributed by atoms with Crippen molar-refractivity contribution in [2.24, 2.45) is 0 Å². The SMILES string of the molecule is CC(C)NCCCC(C)N1CCC(c2ccccc2)C1. The highest BCUT2D eigenvalue weighted by Gasteiger charge is 2.26. The van der Waals surface area contributed by atoms with E-state index < -0.39 is 0 Å². The minimum absolute atomic E-state index is 0.611. The third-order valence-corrected chi connectivity index (χ3v) is 4.47. The molecule has 0 bridgehead atoms. The molecule has 2 atom stereocenters. The summed E-state index contributed by atoms with van der Waals surface area (Å²) in [5, 5.41) is 3.51. The van der Waals surface area contributed by atoms with Gasteiger partial charge in [-0.3, -0.25) is 0 Å². The lowest BCUT2D eigenvalue weighted by atomic mass is 9.99. The number of nitrogens with one attached hydrogen (secondary N) is 1. The van der Waals surface area contributed by atoms with Crippen molar-refractivity contribution in [1.29, 1.82) is 0 Å². The zero-order valence-corrected chi connectivity index (χ0v) is 13.3. The smallest absolute Gasteiger partial charge is 0.00676 e. The Hall–Kier alpha value is -0.860. The largest absolute Gasteiger partial charge is 0.315 e. The zero-order chi connectivity index (χ0) is 14.4. The van der Waals surface area contributed by atoms with Crippen LogP contribution in [0, 0.1) is 0 Å². The first-order valence-corrected chi connectivity index (χ1v) is 8.19. The van der Waals surface area contributed by atoms with Gasteiger partial charge in [-0.2, -0.15) is 0 Å². The molecule has 1 aromatic carbocycles. The Bertz CT molecular complexity index is 374. The second kappa shape index (κ2) is 7.80. The van der Waals surface area contributed by atoms with Gasteiger partial charge in [-0.25, -0.2) is 0 Å². The molecule has 2 unspecified atom stereocenters. The van der Waals surface area contributed by atoms with E-state index in [1.807, 2.05) is 0 Å². The van der Waals surface area contributed by atoms with Crippen molar-refractivity contribution in [3.05, 3.63) is 35.9 Å². The fraction of sp³-hybridized carbons (Fsp3) is 0.667. The molecule has 20 heavy (non-hydrogen) atoms. The van der Waals surface area contributed by atoms with Gasteiger partial charge >= 0.3 is 0 Å². The second-order valence-electron chi connectivity index (χ2n) is 6.49. The predicted molar refractivity (Wildman–Crippen MR) is 87.2 cm³/mol. The summed E-state index contributed by atoms with van der Waals surface area (Å²) in [5.74, 6) is 0.743. The molecule has 1 N–H and O–H groups in total. The summed E-state index contributed by atoms with van der Waals surface area (Å²) in [4.78, 5) is 2.67. The fourth-order valence-corrected chi connectivity index (χ4v) is 3.16. The zero-order valence-electron chi connectivity index (χ0n) is 13.3. The maximum Gasteiger partial charge on any atom is 0.00676 e. The second-order valence-corrected chi connectivity index (χ2v) is 6.49. The fourth-order valence-electron chi connectivity index (χ4n) is 3.16. The molecule has 1 aliphatic heterocycles. The van der Waals surface area contributed by atoms with Crippen LogP contribution < -0.4 is 5.32 Å². The van der Waals surface area contributed by atoms with E-state index in [0.717, 1.165) is 18.5 Å². The molecule has 1 aliphatic rings. The highest BCUT2D eigenvalue weighted by molar-refractivity contribution is 5.21. The molecule has 112 valence electrons. The quantitative estimate of drug-likeness (QED) is 0.764. The van der Waals surface area contributed by atoms with Crippen LogP contribution in [0.3, 0.4) is 0 Å². The molecule has 2 nitrogen and oxygen atoms in total. The first-order chi connectivity index (χ1) is 9.66. The Morgan fingerprint density at radius 1 is 1.20 bits per heavy atom. The van der Waals surface area contributed by atoms with Gasteiger partial charge in [0.1, 0.15) is 0 Å². The molecular weight excluding hydrogens is 244 g/mol. The molecule has 2 rings (SSSR count). The normalized spacial score (nSPS) is 21.5. The van der Waals surface area contributed by atoms with Crippen LogP contribution in [0.2, 0.25) is 0 Å². The molecule has 1 fully saturated rings. The summed E-state index contributed by atoms with van der Waals surface area (Å²) in [6.45, 7) is 10.5. The van der Waals surface area contributed by atoms with Gasteiger partial charge < -0.3 is 10.2 Å². The standard InChI is InChI=1S/C18H30N2/c1-15(2)19-12-7-8-16(3)20-13-11-18(14-20)17-9-5-4-6-10-17/h4-6,9-10,15-16,18-19H,7-8,11-14H2,1-3H3. The molecule has 1 heterocycles. The molecule has 0 spiro atoms. The van der Waals surface area contributed by atoms with Gasteiger partial charge in [-0.1, -0.05) is 44.2 Å². The molecule has 1 saturated heterocycles. The molecular formula is C18H30N2. The minimum atomic E-state index is 0.611. The lowest BCUT2D eigenvalue weighted by Gasteiger charge is -2.24. The van der Waals surface area contributed by atoms with E-state index in [1.54, 1.807) is 0 Å². The topological polar surface area (TPSA) is 15.3 Å². The van der Waals surface area contributed by atoms with Gasteiger partial charge in [-0.05, 0) is 50.8 Å². The van der Waals surface area contributed by atoms with Crippen LogP contribution in [0.15, 0.2) is 30.3 Å². The summed E-state index contributed by atoms with van der Waals surface area (Å²) in [5.41, 5.74) is 1.52. The number of rotatable bonds is 7. The lowest BCUT2D eigenvalue weighted by Crippen LogP contribution is -2.32. The molecule has 0 aromatic heterocycles. The van der Waals surface area contributed by atoms with Crippen LogP contribution in [0.1, 0.15) is 51.5 Å². The average Bonchev–Trinajstić information content (AvgIpc) is 2.94. The Morgan fingerprint density at radius 2 is 1.95 bits per heavy atom. The van der Waals surface area contributed by atoms with Crippen molar-refractivity contribution in [3.8, 4) is 0 Å². The summed E-state index contributed by atoms with van der Waals surface area (Å²) in [6, 6.07) is 12.3. The van der Waals surface area contributed by atoms with E-state index in [-0.39, 0.29) is 0 Å². The van der Waals surface area contributed by atoms with Crippen molar-refractivity contribution in [2.45, 2.75) is 58.0 Å². The molecule has 0 aliphatic carbocycles. The molecule has 0 saturated carbocycles. The average molecular weight is 274 g/mol. The highest BCUT2D eigenvalue weighted by Crippen LogP contribution is 2.28. The van der Waals surface area contributed by atoms with E-state index in [2.05, 4.69) is 61.3 Å². The van der Waals surface area contributed by atoms with Crippen molar-refractivity contribution in [2.75, 3.05) is 19.6 Å². The van der Waals surface area contributed by atoms with Gasteiger partial charge in [0.05, 0.1) is 0 Å². The Morgan fingerprint density at radius 3 is 2.65 bits per heavy atom. The Labute approximate surface area is 124 Å². The van der Waals surface area contributed by atoms with Crippen LogP contribution in [0.5, 0.6) is 0 Å². The number of hydrogen-bond donors (Lipinski definition) is 1. The van der Waals surface area contributed by atoms with E-state index >= 15 is 0 Å². The molecule has 0 radical (unpaired) electrons. The van der Waals surface area contributed by atoms with E-state index in [4.69, 9.17) is 0 Å². The van der Waals surface area contributed by atoms with Crippen LogP contribution in [0.4, 0.5) is 0 Å². The first-order valence-electron chi connectivity index (χ1n) is 8.19. The van der Waals surface area contributed by atoms with Crippen molar-refractivity contribution in [3.63, 3.8) is 0 Å². The van der Waals surface area contributed by atoms with Crippen molar-refractivity contribution >= 4 is 0 Å². The number of likely N-dealkylation sites (tertiary alicyclic amines) is 1. The molecule has 0 amide bonds. The first kappa shape index (κ1) is 15.5. The van der Waals surface area contributed by atoms with Crippen LogP contribution in [-0.2, 0) is 0 Å². The van der Waals surface area contributed by atoms with Gasteiger partial charge in [-0.15, -0.1) is 0 Å². The third kappa shape index (κ3) is 4.60. The van der Waals surface area contributed by atoms with Crippen LogP contribution in [-0.4, -0.2) is 36.6 Å². The number of benzene rings is 1. The summed E-state index contributed by atoms with van der Waals surface area (Å²) < 4.78 is 0. The maximum atomic E-state index is 3.51. The van der Waals surface area contributed by atoms with E-state index in [0.29, 0.717) is 6.04 Å². The Kier molecular flexibility index (Phi) is 6.06. The third-order valence-electron chi connectivity index (χ3n) is 4.47. The summed E-state index contributed by atoms with van der Waals surface area (Å²) in [6.07, 6.45) is 3.91. The molecule has 2 heteroatoms. The number of nitrogens with zero attached hydrogens (tertiary/aromatic N) is 1. The van der Waals surface area contributed by atoms with E-state index in [1.165, 1.54) is 37.9 Å². The summed E-state index contributed by atoms with van der Waals surface area (Å²) in [7, 11) is 0. The van der Waals surface area contributed by atoms with E-state index in [9.17, 15) is 0 Å². The summed E-state index contributed by atoms with van der Waals surface area (Å²) >= 11 is 0. The van der Waals surface area contributed by atoms with Gasteiger partial charge in [0.15, 0.2) is 0 Å². The van der Waals surface area contributed by atoms with Crippen molar-refractivity contribution in [1.82, 2.24) is 10.2 Å². The molecule has 1 aromatic rings. The van der Waals surface area contributed by atoms with Crippen LogP contribution >= 0.6 is 0 Å². The lowest BCUT2D eigenvalue weighted by molar-refractivity contribution is 0.240. The van der Waals surface area contributed by atoms with Gasteiger partial charge in [0.25, 0.3) is 0 Å². The van der Waals surface area contributed by atoms with Gasteiger partial charge in [0.2, 0.25) is 0 Å². The predicted octanol–water partition coefficient (Wildman–Crippen LogP) is 3.64. The highest BCUT2D eigenvalue weighted by atomic mass is 15.2.